The van der Waals surface area contributed by atoms with Crippen LogP contribution in [0.5, 0.6) is 0 Å². The molecule has 0 fully saturated rings. The van der Waals surface area contributed by atoms with Gasteiger partial charge in [-0.05, 0) is 6.26 Å². The first-order chi connectivity index (χ1) is 4.22. The highest BCUT2D eigenvalue weighted by molar-refractivity contribution is 8.15. The van der Waals surface area contributed by atoms with Gasteiger partial charge in [0.15, 0.2) is 0 Å². The number of hydrogen-bond acceptors (Lipinski definition) is 4. The van der Waals surface area contributed by atoms with Crippen molar-refractivity contribution >= 4 is 22.8 Å². The lowest BCUT2D eigenvalue weighted by atomic mass is 10.8. The number of hydrazone groups is 1. The Morgan fingerprint density at radius 1 is 1.78 bits per heavy atom. The van der Waals surface area contributed by atoms with Crippen molar-refractivity contribution in [3.8, 4) is 0 Å². The molecule has 0 amide bonds. The molecule has 52 valence electrons. The van der Waals surface area contributed by atoms with Crippen molar-refractivity contribution < 1.29 is 9.90 Å². The van der Waals surface area contributed by atoms with E-state index >= 15 is 0 Å². The summed E-state index contributed by atoms with van der Waals surface area (Å²) in [5.41, 5.74) is 2.39. The number of nitrogens with one attached hydrogen (secondary N) is 1. The minimum Gasteiger partial charge on any atom is -0.476 e. The number of rotatable bonds is 1. The average Bonchev–Trinajstić information content (AvgIpc) is 1.82. The first-order valence-corrected chi connectivity index (χ1v) is 3.46. The highest BCUT2D eigenvalue weighted by Gasteiger charge is 2.05. The molecule has 2 N–H and O–H groups in total. The monoisotopic (exact) mass is 148 g/mol. The van der Waals surface area contributed by atoms with E-state index in [0.29, 0.717) is 0 Å². The zero-order valence-corrected chi connectivity index (χ0v) is 6.03. The van der Waals surface area contributed by atoms with Crippen LogP contribution < -0.4 is 5.43 Å². The first-order valence-electron chi connectivity index (χ1n) is 2.24. The summed E-state index contributed by atoms with van der Waals surface area (Å²) in [5, 5.41) is 11.9. The molecule has 0 aromatic heterocycles. The van der Waals surface area contributed by atoms with Gasteiger partial charge in [0.2, 0.25) is 5.04 Å². The van der Waals surface area contributed by atoms with E-state index in [1.54, 1.807) is 13.3 Å². The van der Waals surface area contributed by atoms with Crippen molar-refractivity contribution in [3.63, 3.8) is 0 Å². The van der Waals surface area contributed by atoms with Crippen LogP contribution in [0.15, 0.2) is 5.10 Å². The second-order valence-corrected chi connectivity index (χ2v) is 1.94. The van der Waals surface area contributed by atoms with Gasteiger partial charge in [-0.25, -0.2) is 4.79 Å². The van der Waals surface area contributed by atoms with E-state index in [1.165, 1.54) is 0 Å². The molecule has 0 aromatic rings. The Morgan fingerprint density at radius 3 is 2.44 bits per heavy atom. The number of carboxylic acid groups (broad SMARTS) is 1. The van der Waals surface area contributed by atoms with E-state index in [4.69, 9.17) is 5.11 Å². The largest absolute Gasteiger partial charge is 0.476 e. The van der Waals surface area contributed by atoms with E-state index in [2.05, 4.69) is 10.5 Å². The Hall–Kier alpha value is -0.710. The molecule has 0 aliphatic rings. The van der Waals surface area contributed by atoms with Crippen molar-refractivity contribution in [2.24, 2.45) is 5.10 Å². The van der Waals surface area contributed by atoms with Crippen LogP contribution in [0.4, 0.5) is 0 Å². The molecule has 5 heteroatoms. The molecule has 0 aliphatic heterocycles. The highest BCUT2D eigenvalue weighted by atomic mass is 32.2. The molecular weight excluding hydrogens is 140 g/mol. The summed E-state index contributed by atoms with van der Waals surface area (Å²) >= 11 is 1.09. The Kier molecular flexibility index (Phi) is 3.87. The van der Waals surface area contributed by atoms with Crippen molar-refractivity contribution in [2.45, 2.75) is 0 Å². The number of thioether (sulfide) groups is 1. The zero-order valence-electron chi connectivity index (χ0n) is 5.21. The molecule has 0 aliphatic carbocycles. The van der Waals surface area contributed by atoms with Crippen molar-refractivity contribution in [1.82, 2.24) is 5.43 Å². The Bertz CT molecular complexity index is 135. The molecule has 0 unspecified atom stereocenters. The standard InChI is InChI=1S/C4H8N2O2S/c1-5-6-3(9-2)4(7)8/h5H,1-2H3,(H,7,8). The van der Waals surface area contributed by atoms with E-state index in [0.717, 1.165) is 11.8 Å². The average molecular weight is 148 g/mol. The molecule has 0 rings (SSSR count). The maximum Gasteiger partial charge on any atom is 0.363 e. The van der Waals surface area contributed by atoms with E-state index in [9.17, 15) is 4.79 Å². The van der Waals surface area contributed by atoms with Crippen LogP contribution in [0.3, 0.4) is 0 Å². The normalized spacial score (nSPS) is 11.1. The van der Waals surface area contributed by atoms with Gasteiger partial charge in [0.25, 0.3) is 0 Å². The molecule has 9 heavy (non-hydrogen) atoms. The minimum absolute atomic E-state index is 0.0671. The maximum absolute atomic E-state index is 10.1. The smallest absolute Gasteiger partial charge is 0.363 e. The van der Waals surface area contributed by atoms with Crippen LogP contribution in [0.2, 0.25) is 0 Å². The van der Waals surface area contributed by atoms with Gasteiger partial charge in [0, 0.05) is 7.05 Å². The molecule has 0 bridgehead atoms. The van der Waals surface area contributed by atoms with Crippen LogP contribution in [0.1, 0.15) is 0 Å². The fraction of sp³-hybridized carbons (Fsp3) is 0.500. The van der Waals surface area contributed by atoms with Gasteiger partial charge in [-0.15, -0.1) is 11.8 Å². The predicted octanol–water partition coefficient (Wildman–Crippen LogP) is -0.0331. The van der Waals surface area contributed by atoms with Gasteiger partial charge in [0.05, 0.1) is 0 Å². The van der Waals surface area contributed by atoms with Crippen LogP contribution >= 0.6 is 11.8 Å². The van der Waals surface area contributed by atoms with Gasteiger partial charge >= 0.3 is 5.97 Å². The minimum atomic E-state index is -1.00. The molecule has 0 atom stereocenters. The molecule has 0 radical (unpaired) electrons. The van der Waals surface area contributed by atoms with Gasteiger partial charge in [-0.2, -0.15) is 5.10 Å². The fourth-order valence-electron chi connectivity index (χ4n) is 0.282. The van der Waals surface area contributed by atoms with Crippen molar-refractivity contribution in [1.29, 1.82) is 0 Å². The molecule has 0 aromatic carbocycles. The quantitative estimate of drug-likeness (QED) is 0.311. The Labute approximate surface area is 57.3 Å². The second-order valence-electron chi connectivity index (χ2n) is 1.15. The highest BCUT2D eigenvalue weighted by Crippen LogP contribution is 1.95. The maximum atomic E-state index is 10.1. The lowest BCUT2D eigenvalue weighted by Gasteiger charge is -1.92. The van der Waals surface area contributed by atoms with Gasteiger partial charge < -0.3 is 10.5 Å². The summed E-state index contributed by atoms with van der Waals surface area (Å²) in [6, 6.07) is 0. The molecule has 0 saturated heterocycles. The van der Waals surface area contributed by atoms with Gasteiger partial charge in [-0.1, -0.05) is 0 Å². The third-order valence-electron chi connectivity index (χ3n) is 0.590. The topological polar surface area (TPSA) is 61.7 Å². The molecule has 4 nitrogen and oxygen atoms in total. The predicted molar refractivity (Wildman–Crippen MR) is 37.6 cm³/mol. The SMILES string of the molecule is CNN=C(SC)C(=O)O. The molecule has 0 spiro atoms. The van der Waals surface area contributed by atoms with Crippen LogP contribution in [0.25, 0.3) is 0 Å². The third-order valence-corrected chi connectivity index (χ3v) is 1.24. The molecular formula is C4H8N2O2S. The summed E-state index contributed by atoms with van der Waals surface area (Å²) in [4.78, 5) is 10.1. The van der Waals surface area contributed by atoms with Crippen LogP contribution in [-0.2, 0) is 4.79 Å². The fourth-order valence-corrected chi connectivity index (χ4v) is 0.640. The first kappa shape index (κ1) is 8.29. The number of carboxylic acids is 1. The Balaban J connectivity index is 3.98. The summed E-state index contributed by atoms with van der Waals surface area (Å²) < 4.78 is 0. The lowest BCUT2D eigenvalue weighted by molar-refractivity contribution is -0.129. The van der Waals surface area contributed by atoms with E-state index < -0.39 is 5.97 Å². The van der Waals surface area contributed by atoms with Gasteiger partial charge in [-0.3, -0.25) is 0 Å². The summed E-state index contributed by atoms with van der Waals surface area (Å²) in [5.74, 6) is -1.00. The van der Waals surface area contributed by atoms with Crippen molar-refractivity contribution in [2.75, 3.05) is 13.3 Å². The lowest BCUT2D eigenvalue weighted by Crippen LogP contribution is -2.12. The Morgan fingerprint density at radius 2 is 2.33 bits per heavy atom. The van der Waals surface area contributed by atoms with Crippen LogP contribution in [0, 0.1) is 0 Å². The summed E-state index contributed by atoms with van der Waals surface area (Å²) in [6.45, 7) is 0. The summed E-state index contributed by atoms with van der Waals surface area (Å²) in [6.07, 6.45) is 1.66. The number of carbonyl (C=O) groups is 1. The second kappa shape index (κ2) is 4.20. The zero-order chi connectivity index (χ0) is 7.28. The molecule has 0 saturated carbocycles. The third kappa shape index (κ3) is 2.97. The van der Waals surface area contributed by atoms with Gasteiger partial charge in [0.1, 0.15) is 0 Å². The van der Waals surface area contributed by atoms with Crippen molar-refractivity contribution in [3.05, 3.63) is 0 Å². The summed E-state index contributed by atoms with van der Waals surface area (Å²) in [7, 11) is 1.55. The number of aliphatic carboxylic acids is 1. The number of hydrogen-bond donors (Lipinski definition) is 2. The number of nitrogens with zero attached hydrogens (tertiary/aromatic N) is 1. The van der Waals surface area contributed by atoms with E-state index in [-0.39, 0.29) is 5.04 Å². The van der Waals surface area contributed by atoms with Crippen LogP contribution in [-0.4, -0.2) is 29.4 Å². The molecule has 0 heterocycles. The van der Waals surface area contributed by atoms with E-state index in [1.807, 2.05) is 0 Å².